The van der Waals surface area contributed by atoms with Gasteiger partial charge in [-0.15, -0.1) is 0 Å². The van der Waals surface area contributed by atoms with E-state index in [4.69, 9.17) is 4.74 Å². The monoisotopic (exact) mass is 245 g/mol. The smallest absolute Gasteiger partial charge is 0.0802 e. The van der Waals surface area contributed by atoms with Crippen molar-refractivity contribution in [1.82, 2.24) is 4.90 Å². The standard InChI is InChI=1S/C14H33N2O/c1-13(2)15(14(3)4)9-12-17-11-8-10-16(5,6)7/h13-14H,8-12H2,1-7H3/q+1. The van der Waals surface area contributed by atoms with E-state index < -0.39 is 0 Å². The Morgan fingerprint density at radius 1 is 0.941 bits per heavy atom. The van der Waals surface area contributed by atoms with E-state index in [1.54, 1.807) is 0 Å². The van der Waals surface area contributed by atoms with Crippen LogP contribution >= 0.6 is 0 Å². The molecule has 0 aromatic rings. The Labute approximate surface area is 108 Å². The Balaban J connectivity index is 3.56. The Hall–Kier alpha value is -0.120. The van der Waals surface area contributed by atoms with Crippen molar-refractivity contribution in [1.29, 1.82) is 0 Å². The molecule has 0 aliphatic heterocycles. The molecule has 0 N–H and O–H groups in total. The SMILES string of the molecule is CC(C)N(CCOCCC[N+](C)(C)C)C(C)C. The molecule has 17 heavy (non-hydrogen) atoms. The van der Waals surface area contributed by atoms with E-state index in [-0.39, 0.29) is 0 Å². The van der Waals surface area contributed by atoms with Gasteiger partial charge in [0.05, 0.1) is 40.9 Å². The van der Waals surface area contributed by atoms with Gasteiger partial charge in [-0.05, 0) is 27.7 Å². The first-order valence-electron chi connectivity index (χ1n) is 6.88. The maximum Gasteiger partial charge on any atom is 0.0802 e. The van der Waals surface area contributed by atoms with Crippen molar-refractivity contribution in [3.8, 4) is 0 Å². The van der Waals surface area contributed by atoms with Crippen molar-refractivity contribution in [2.24, 2.45) is 0 Å². The molecule has 0 rings (SSSR count). The molecular weight excluding hydrogens is 212 g/mol. The van der Waals surface area contributed by atoms with Crippen molar-refractivity contribution >= 4 is 0 Å². The average Bonchev–Trinajstić information content (AvgIpc) is 2.13. The predicted octanol–water partition coefficient (Wildman–Crippen LogP) is 2.22. The van der Waals surface area contributed by atoms with Crippen molar-refractivity contribution in [2.45, 2.75) is 46.2 Å². The minimum atomic E-state index is 0.602. The summed E-state index contributed by atoms with van der Waals surface area (Å²) >= 11 is 0. The number of hydrogen-bond donors (Lipinski definition) is 0. The topological polar surface area (TPSA) is 12.5 Å². The summed E-state index contributed by atoms with van der Waals surface area (Å²) in [6.45, 7) is 13.0. The predicted molar refractivity (Wildman–Crippen MR) is 75.3 cm³/mol. The van der Waals surface area contributed by atoms with Crippen molar-refractivity contribution < 1.29 is 9.22 Å². The van der Waals surface area contributed by atoms with E-state index in [2.05, 4.69) is 53.7 Å². The summed E-state index contributed by atoms with van der Waals surface area (Å²) in [4.78, 5) is 2.47. The lowest BCUT2D eigenvalue weighted by Gasteiger charge is -2.30. The van der Waals surface area contributed by atoms with Gasteiger partial charge in [-0.1, -0.05) is 0 Å². The molecule has 0 amide bonds. The van der Waals surface area contributed by atoms with Crippen molar-refractivity contribution in [3.63, 3.8) is 0 Å². The summed E-state index contributed by atoms with van der Waals surface area (Å²) < 4.78 is 6.73. The zero-order valence-corrected chi connectivity index (χ0v) is 13.0. The molecule has 0 saturated heterocycles. The van der Waals surface area contributed by atoms with Crippen LogP contribution in [-0.4, -0.2) is 68.9 Å². The largest absolute Gasteiger partial charge is 0.380 e. The third kappa shape index (κ3) is 9.57. The number of quaternary nitrogens is 1. The zero-order valence-electron chi connectivity index (χ0n) is 13.0. The highest BCUT2D eigenvalue weighted by Crippen LogP contribution is 2.04. The van der Waals surface area contributed by atoms with Gasteiger partial charge in [-0.2, -0.15) is 0 Å². The van der Waals surface area contributed by atoms with Crippen LogP contribution in [0.25, 0.3) is 0 Å². The van der Waals surface area contributed by atoms with Crippen molar-refractivity contribution in [2.75, 3.05) is 47.4 Å². The van der Waals surface area contributed by atoms with Gasteiger partial charge in [-0.25, -0.2) is 0 Å². The Bertz CT molecular complexity index is 177. The van der Waals surface area contributed by atoms with Gasteiger partial charge in [0.2, 0.25) is 0 Å². The van der Waals surface area contributed by atoms with E-state index in [0.29, 0.717) is 12.1 Å². The summed E-state index contributed by atoms with van der Waals surface area (Å²) in [5.74, 6) is 0. The maximum absolute atomic E-state index is 5.71. The van der Waals surface area contributed by atoms with Crippen LogP contribution in [0.5, 0.6) is 0 Å². The number of rotatable bonds is 9. The first kappa shape index (κ1) is 16.9. The van der Waals surface area contributed by atoms with Gasteiger partial charge in [0.1, 0.15) is 0 Å². The molecule has 0 bridgehead atoms. The van der Waals surface area contributed by atoms with Gasteiger partial charge in [0.15, 0.2) is 0 Å². The number of ether oxygens (including phenoxy) is 1. The van der Waals surface area contributed by atoms with Gasteiger partial charge in [0.25, 0.3) is 0 Å². The Morgan fingerprint density at radius 2 is 1.47 bits per heavy atom. The lowest BCUT2D eigenvalue weighted by atomic mass is 10.2. The van der Waals surface area contributed by atoms with Crippen LogP contribution in [0.15, 0.2) is 0 Å². The fourth-order valence-corrected chi connectivity index (χ4v) is 2.03. The van der Waals surface area contributed by atoms with Gasteiger partial charge in [0, 0.05) is 25.0 Å². The lowest BCUT2D eigenvalue weighted by Crippen LogP contribution is -2.39. The van der Waals surface area contributed by atoms with Gasteiger partial charge in [-0.3, -0.25) is 4.90 Å². The summed E-state index contributed by atoms with van der Waals surface area (Å²) in [7, 11) is 6.66. The van der Waals surface area contributed by atoms with E-state index in [0.717, 1.165) is 30.7 Å². The van der Waals surface area contributed by atoms with E-state index in [1.165, 1.54) is 6.54 Å². The summed E-state index contributed by atoms with van der Waals surface area (Å²) in [6.07, 6.45) is 1.15. The maximum atomic E-state index is 5.71. The van der Waals surface area contributed by atoms with Crippen LogP contribution in [0.3, 0.4) is 0 Å². The van der Waals surface area contributed by atoms with Crippen LogP contribution in [0.1, 0.15) is 34.1 Å². The highest BCUT2D eigenvalue weighted by molar-refractivity contribution is 4.66. The van der Waals surface area contributed by atoms with Crippen molar-refractivity contribution in [3.05, 3.63) is 0 Å². The van der Waals surface area contributed by atoms with E-state index in [9.17, 15) is 0 Å². The van der Waals surface area contributed by atoms with E-state index >= 15 is 0 Å². The van der Waals surface area contributed by atoms with Gasteiger partial charge < -0.3 is 9.22 Å². The fourth-order valence-electron chi connectivity index (χ4n) is 2.03. The molecule has 0 aromatic carbocycles. The minimum Gasteiger partial charge on any atom is -0.380 e. The highest BCUT2D eigenvalue weighted by Gasteiger charge is 2.12. The summed E-state index contributed by atoms with van der Waals surface area (Å²) in [5, 5.41) is 0. The molecule has 0 spiro atoms. The van der Waals surface area contributed by atoms with Crippen LogP contribution in [0.4, 0.5) is 0 Å². The molecule has 0 fully saturated rings. The lowest BCUT2D eigenvalue weighted by molar-refractivity contribution is -0.870. The van der Waals surface area contributed by atoms with E-state index in [1.807, 2.05) is 0 Å². The number of hydrogen-bond acceptors (Lipinski definition) is 2. The molecule has 3 nitrogen and oxygen atoms in total. The summed E-state index contributed by atoms with van der Waals surface area (Å²) in [6, 6.07) is 1.20. The first-order valence-corrected chi connectivity index (χ1v) is 6.88. The molecule has 0 radical (unpaired) electrons. The molecule has 0 unspecified atom stereocenters. The Morgan fingerprint density at radius 3 is 1.88 bits per heavy atom. The minimum absolute atomic E-state index is 0.602. The number of nitrogens with zero attached hydrogens (tertiary/aromatic N) is 2. The Kier molecular flexibility index (Phi) is 8.01. The third-order valence-electron chi connectivity index (χ3n) is 2.94. The van der Waals surface area contributed by atoms with Crippen LogP contribution in [0.2, 0.25) is 0 Å². The molecule has 0 aliphatic rings. The highest BCUT2D eigenvalue weighted by atomic mass is 16.5. The molecule has 3 heteroatoms. The quantitative estimate of drug-likeness (QED) is 0.456. The van der Waals surface area contributed by atoms with Crippen LogP contribution < -0.4 is 0 Å². The molecule has 0 heterocycles. The van der Waals surface area contributed by atoms with Gasteiger partial charge >= 0.3 is 0 Å². The average molecular weight is 245 g/mol. The van der Waals surface area contributed by atoms with Crippen LogP contribution in [-0.2, 0) is 4.74 Å². The third-order valence-corrected chi connectivity index (χ3v) is 2.94. The molecule has 0 saturated carbocycles. The van der Waals surface area contributed by atoms with Crippen LogP contribution in [0, 0.1) is 0 Å². The summed E-state index contributed by atoms with van der Waals surface area (Å²) in [5.41, 5.74) is 0. The second-order valence-electron chi connectivity index (χ2n) is 6.41. The molecule has 0 atom stereocenters. The molecule has 0 aliphatic carbocycles. The first-order chi connectivity index (χ1) is 7.74. The fraction of sp³-hybridized carbons (Fsp3) is 1.00. The second kappa shape index (κ2) is 8.06. The zero-order chi connectivity index (χ0) is 13.5. The molecule has 0 aromatic heterocycles. The molecule has 104 valence electrons. The molecular formula is C14H33N2O+. The second-order valence-corrected chi connectivity index (χ2v) is 6.41. The normalized spacial score (nSPS) is 13.1.